The van der Waals surface area contributed by atoms with E-state index in [1.54, 1.807) is 10.5 Å². The van der Waals surface area contributed by atoms with Crippen LogP contribution in [0, 0.1) is 5.92 Å². The highest BCUT2D eigenvalue weighted by molar-refractivity contribution is 5.12. The number of likely N-dealkylation sites (tertiary alicyclic amines) is 1. The van der Waals surface area contributed by atoms with Crippen molar-refractivity contribution in [2.45, 2.75) is 45.1 Å². The minimum absolute atomic E-state index is 0.0353. The van der Waals surface area contributed by atoms with E-state index >= 15 is 0 Å². The summed E-state index contributed by atoms with van der Waals surface area (Å²) in [5, 5.41) is 9.49. The quantitative estimate of drug-likeness (QED) is 0.710. The van der Waals surface area contributed by atoms with E-state index in [1.807, 2.05) is 0 Å². The third kappa shape index (κ3) is 3.68. The molecule has 0 unspecified atom stereocenters. The van der Waals surface area contributed by atoms with Gasteiger partial charge < -0.3 is 10.0 Å². The molecule has 0 aromatic heterocycles. The molecule has 1 heterocycles. The molecular weight excluding hydrogens is 210 g/mol. The first-order valence-corrected chi connectivity index (χ1v) is 7.00. The van der Waals surface area contributed by atoms with Crippen LogP contribution in [0.2, 0.25) is 0 Å². The van der Waals surface area contributed by atoms with Crippen LogP contribution in [0.15, 0.2) is 23.8 Å². The maximum absolute atomic E-state index is 9.49. The van der Waals surface area contributed by atoms with Crippen molar-refractivity contribution < 1.29 is 10.0 Å². The minimum Gasteiger partial charge on any atom is -0.393 e. The number of allylic oxidation sites excluding steroid dienone is 2. The van der Waals surface area contributed by atoms with Crippen LogP contribution in [0.5, 0.6) is 0 Å². The molecule has 2 rings (SSSR count). The molecule has 17 heavy (non-hydrogen) atoms. The molecule has 96 valence electrons. The van der Waals surface area contributed by atoms with Crippen LogP contribution >= 0.6 is 0 Å². The molecule has 2 aliphatic rings. The lowest BCUT2D eigenvalue weighted by Gasteiger charge is -2.29. The van der Waals surface area contributed by atoms with Gasteiger partial charge in [0.15, 0.2) is 0 Å². The van der Waals surface area contributed by atoms with Gasteiger partial charge in [0.05, 0.1) is 25.7 Å². The van der Waals surface area contributed by atoms with Crippen LogP contribution in [0.4, 0.5) is 0 Å². The van der Waals surface area contributed by atoms with Crippen LogP contribution in [0.25, 0.3) is 0 Å². The molecule has 1 aliphatic heterocycles. The second-order valence-electron chi connectivity index (χ2n) is 5.84. The summed E-state index contributed by atoms with van der Waals surface area (Å²) in [7, 11) is 0. The Morgan fingerprint density at radius 2 is 2.12 bits per heavy atom. The molecule has 2 heteroatoms. The zero-order chi connectivity index (χ0) is 12.3. The van der Waals surface area contributed by atoms with Gasteiger partial charge in [0.25, 0.3) is 0 Å². The van der Waals surface area contributed by atoms with Crippen molar-refractivity contribution in [2.75, 3.05) is 19.6 Å². The van der Waals surface area contributed by atoms with Gasteiger partial charge >= 0.3 is 0 Å². The van der Waals surface area contributed by atoms with E-state index in [1.165, 1.54) is 31.4 Å². The van der Waals surface area contributed by atoms with E-state index < -0.39 is 0 Å². The van der Waals surface area contributed by atoms with E-state index in [0.29, 0.717) is 0 Å². The molecule has 0 bridgehead atoms. The molecular formula is C15H26NO+. The predicted octanol–water partition coefficient (Wildman–Crippen LogP) is 1.33. The van der Waals surface area contributed by atoms with Crippen molar-refractivity contribution in [3.8, 4) is 0 Å². The first-order valence-electron chi connectivity index (χ1n) is 7.00. The van der Waals surface area contributed by atoms with Gasteiger partial charge in [-0.05, 0) is 37.7 Å². The van der Waals surface area contributed by atoms with Gasteiger partial charge in [-0.25, -0.2) is 0 Å². The van der Waals surface area contributed by atoms with Gasteiger partial charge in [-0.3, -0.25) is 0 Å². The average Bonchev–Trinajstić information content (AvgIpc) is 2.33. The Bertz CT molecular complexity index is 300. The lowest BCUT2D eigenvalue weighted by molar-refractivity contribution is -0.901. The number of rotatable bonds is 3. The standard InChI is InChI=1S/C15H25NO/c1-12(2)14-5-3-13(4-6-14)11-16-9-7-15(17)8-10-16/h3,14-15,17H,1,4-11H2,2H3/p+1/t14-/m0/s1. The molecule has 0 spiro atoms. The van der Waals surface area contributed by atoms with Crippen molar-refractivity contribution in [3.63, 3.8) is 0 Å². The number of aliphatic hydroxyl groups is 1. The molecule has 2 N–H and O–H groups in total. The summed E-state index contributed by atoms with van der Waals surface area (Å²) in [6.07, 6.45) is 8.11. The monoisotopic (exact) mass is 236 g/mol. The van der Waals surface area contributed by atoms with Crippen LogP contribution < -0.4 is 4.90 Å². The highest BCUT2D eigenvalue weighted by atomic mass is 16.3. The number of quaternary nitrogens is 1. The first-order chi connectivity index (χ1) is 8.15. The number of nitrogens with one attached hydrogen (secondary N) is 1. The number of hydrogen-bond donors (Lipinski definition) is 2. The molecule has 1 saturated heterocycles. The van der Waals surface area contributed by atoms with E-state index in [4.69, 9.17) is 0 Å². The molecule has 2 nitrogen and oxygen atoms in total. The Balaban J connectivity index is 1.79. The fourth-order valence-electron chi connectivity index (χ4n) is 3.01. The number of piperidine rings is 1. The van der Waals surface area contributed by atoms with Crippen LogP contribution in [-0.2, 0) is 0 Å². The van der Waals surface area contributed by atoms with Gasteiger partial charge in [-0.15, -0.1) is 0 Å². The van der Waals surface area contributed by atoms with Crippen LogP contribution in [0.1, 0.15) is 39.0 Å². The summed E-state index contributed by atoms with van der Waals surface area (Å²) in [5.41, 5.74) is 2.97. The second-order valence-corrected chi connectivity index (χ2v) is 5.84. The van der Waals surface area contributed by atoms with Crippen molar-refractivity contribution in [1.82, 2.24) is 0 Å². The topological polar surface area (TPSA) is 24.7 Å². The third-order valence-electron chi connectivity index (χ3n) is 4.34. The van der Waals surface area contributed by atoms with Gasteiger partial charge in [0.1, 0.15) is 0 Å². The van der Waals surface area contributed by atoms with Crippen LogP contribution in [0.3, 0.4) is 0 Å². The summed E-state index contributed by atoms with van der Waals surface area (Å²) >= 11 is 0. The third-order valence-corrected chi connectivity index (χ3v) is 4.34. The summed E-state index contributed by atoms with van der Waals surface area (Å²) in [6, 6.07) is 0. The maximum atomic E-state index is 9.49. The normalized spacial score (nSPS) is 34.2. The van der Waals surface area contributed by atoms with Gasteiger partial charge in [-0.2, -0.15) is 0 Å². The first kappa shape index (κ1) is 12.8. The van der Waals surface area contributed by atoms with E-state index in [-0.39, 0.29) is 6.10 Å². The second kappa shape index (κ2) is 5.83. The van der Waals surface area contributed by atoms with Crippen molar-refractivity contribution in [3.05, 3.63) is 23.8 Å². The summed E-state index contributed by atoms with van der Waals surface area (Å²) in [5.74, 6) is 0.719. The Morgan fingerprint density at radius 3 is 2.65 bits per heavy atom. The molecule has 0 aromatic carbocycles. The smallest absolute Gasteiger partial charge is 0.0987 e. The minimum atomic E-state index is -0.0353. The molecule has 0 radical (unpaired) electrons. The van der Waals surface area contributed by atoms with Crippen LogP contribution in [-0.4, -0.2) is 30.8 Å². The Labute approximate surface area is 105 Å². The molecule has 1 fully saturated rings. The van der Waals surface area contributed by atoms with Gasteiger partial charge in [-0.1, -0.05) is 18.2 Å². The van der Waals surface area contributed by atoms with E-state index in [2.05, 4.69) is 19.6 Å². The zero-order valence-corrected chi connectivity index (χ0v) is 11.0. The van der Waals surface area contributed by atoms with E-state index in [9.17, 15) is 5.11 Å². The zero-order valence-electron chi connectivity index (χ0n) is 11.0. The summed E-state index contributed by atoms with van der Waals surface area (Å²) in [6.45, 7) is 9.71. The Morgan fingerprint density at radius 1 is 1.41 bits per heavy atom. The summed E-state index contributed by atoms with van der Waals surface area (Å²) in [4.78, 5) is 1.66. The van der Waals surface area contributed by atoms with E-state index in [0.717, 1.165) is 31.8 Å². The Hall–Kier alpha value is -0.600. The highest BCUT2D eigenvalue weighted by Crippen LogP contribution is 2.27. The fourth-order valence-corrected chi connectivity index (χ4v) is 3.01. The average molecular weight is 236 g/mol. The molecule has 1 atom stereocenters. The van der Waals surface area contributed by atoms with Gasteiger partial charge in [0.2, 0.25) is 0 Å². The lowest BCUT2D eigenvalue weighted by Crippen LogP contribution is -3.13. The fraction of sp³-hybridized carbons (Fsp3) is 0.733. The highest BCUT2D eigenvalue weighted by Gasteiger charge is 2.22. The SMILES string of the molecule is C=C(C)[C@H]1CC=C(C[NH+]2CCC(O)CC2)CC1. The largest absolute Gasteiger partial charge is 0.393 e. The molecule has 0 saturated carbocycles. The van der Waals surface area contributed by atoms with Crippen molar-refractivity contribution in [1.29, 1.82) is 0 Å². The molecule has 1 aliphatic carbocycles. The maximum Gasteiger partial charge on any atom is 0.0987 e. The lowest BCUT2D eigenvalue weighted by atomic mass is 9.85. The summed E-state index contributed by atoms with van der Waals surface area (Å²) < 4.78 is 0. The molecule has 0 amide bonds. The number of aliphatic hydroxyl groups excluding tert-OH is 1. The Kier molecular flexibility index (Phi) is 4.41. The van der Waals surface area contributed by atoms with Crippen molar-refractivity contribution in [2.24, 2.45) is 5.92 Å². The predicted molar refractivity (Wildman–Crippen MR) is 71.0 cm³/mol. The van der Waals surface area contributed by atoms with Crippen molar-refractivity contribution >= 4 is 0 Å². The molecule has 0 aromatic rings. The van der Waals surface area contributed by atoms with Gasteiger partial charge in [0, 0.05) is 12.8 Å². The number of hydrogen-bond acceptors (Lipinski definition) is 1.